The summed E-state index contributed by atoms with van der Waals surface area (Å²) in [5.74, 6) is 0.385. The maximum Gasteiger partial charge on any atom is 0.175 e. The molecule has 0 spiro atoms. The second-order valence-corrected chi connectivity index (χ2v) is 7.70. The maximum atomic E-state index is 13.8. The Morgan fingerprint density at radius 3 is 2.45 bits per heavy atom. The van der Waals surface area contributed by atoms with E-state index in [9.17, 15) is 12.8 Å². The van der Waals surface area contributed by atoms with Crippen LogP contribution in [0.1, 0.15) is 39.0 Å². The van der Waals surface area contributed by atoms with Crippen LogP contribution in [0.15, 0.2) is 23.1 Å². The highest BCUT2D eigenvalue weighted by atomic mass is 32.2. The van der Waals surface area contributed by atoms with Crippen molar-refractivity contribution in [2.75, 3.05) is 11.6 Å². The predicted molar refractivity (Wildman–Crippen MR) is 79.2 cm³/mol. The molecule has 0 aliphatic heterocycles. The van der Waals surface area contributed by atoms with Crippen LogP contribution < -0.4 is 5.32 Å². The summed E-state index contributed by atoms with van der Waals surface area (Å²) in [5.41, 5.74) is 0.299. The summed E-state index contributed by atoms with van der Waals surface area (Å²) < 4.78 is 36.8. The molecule has 0 radical (unpaired) electrons. The zero-order valence-corrected chi connectivity index (χ0v) is 12.8. The van der Waals surface area contributed by atoms with Crippen molar-refractivity contribution < 1.29 is 12.8 Å². The highest BCUT2D eigenvalue weighted by molar-refractivity contribution is 7.90. The molecule has 1 aliphatic carbocycles. The average Bonchev–Trinajstić information content (AvgIpc) is 2.41. The highest BCUT2D eigenvalue weighted by Crippen LogP contribution is 2.29. The van der Waals surface area contributed by atoms with Gasteiger partial charge in [0.1, 0.15) is 5.82 Å². The van der Waals surface area contributed by atoms with Gasteiger partial charge >= 0.3 is 0 Å². The third-order valence-corrected chi connectivity index (χ3v) is 5.26. The van der Waals surface area contributed by atoms with Crippen molar-refractivity contribution in [3.05, 3.63) is 24.0 Å². The first-order chi connectivity index (χ1) is 9.40. The molecule has 0 saturated heterocycles. The van der Waals surface area contributed by atoms with Crippen LogP contribution in [0.2, 0.25) is 0 Å². The lowest BCUT2D eigenvalue weighted by atomic mass is 9.84. The van der Waals surface area contributed by atoms with Crippen LogP contribution in [0.5, 0.6) is 0 Å². The van der Waals surface area contributed by atoms with Gasteiger partial charge in [-0.2, -0.15) is 0 Å². The Morgan fingerprint density at radius 1 is 1.25 bits per heavy atom. The van der Waals surface area contributed by atoms with E-state index in [1.165, 1.54) is 24.6 Å². The molecule has 2 rings (SSSR count). The van der Waals surface area contributed by atoms with E-state index in [1.807, 2.05) is 0 Å². The first-order valence-corrected chi connectivity index (χ1v) is 9.05. The zero-order valence-electron chi connectivity index (χ0n) is 12.0. The lowest BCUT2D eigenvalue weighted by Gasteiger charge is -2.29. The number of anilines is 1. The first kappa shape index (κ1) is 15.3. The molecule has 0 bridgehead atoms. The Bertz CT molecular complexity index is 563. The molecule has 1 fully saturated rings. The third-order valence-electron chi connectivity index (χ3n) is 4.15. The number of hydrogen-bond donors (Lipinski definition) is 1. The van der Waals surface area contributed by atoms with Crippen LogP contribution in [0.3, 0.4) is 0 Å². The van der Waals surface area contributed by atoms with Crippen LogP contribution in [-0.4, -0.2) is 20.7 Å². The van der Waals surface area contributed by atoms with Crippen molar-refractivity contribution >= 4 is 15.5 Å². The van der Waals surface area contributed by atoms with Crippen LogP contribution in [-0.2, 0) is 9.84 Å². The maximum absolute atomic E-state index is 13.8. The Morgan fingerprint density at radius 2 is 1.90 bits per heavy atom. The Labute approximate surface area is 120 Å². The van der Waals surface area contributed by atoms with Crippen molar-refractivity contribution in [2.45, 2.75) is 50.0 Å². The van der Waals surface area contributed by atoms with Crippen molar-refractivity contribution in [1.29, 1.82) is 0 Å². The SMILES string of the molecule is CCC1CCC(Nc2cc(S(C)(=O)=O)ccc2F)CC1. The zero-order chi connectivity index (χ0) is 14.8. The van der Waals surface area contributed by atoms with E-state index in [1.54, 1.807) is 0 Å². The summed E-state index contributed by atoms with van der Waals surface area (Å²) in [4.78, 5) is 0.156. The Kier molecular flexibility index (Phi) is 4.68. The van der Waals surface area contributed by atoms with E-state index in [4.69, 9.17) is 0 Å². The standard InChI is InChI=1S/C15H22FNO2S/c1-3-11-4-6-12(7-5-11)17-15-10-13(20(2,18)19)8-9-14(15)16/h8-12,17H,3-7H2,1-2H3. The largest absolute Gasteiger partial charge is 0.380 e. The minimum absolute atomic E-state index is 0.156. The Hall–Kier alpha value is -1.10. The minimum Gasteiger partial charge on any atom is -0.380 e. The van der Waals surface area contributed by atoms with Gasteiger partial charge in [-0.3, -0.25) is 0 Å². The van der Waals surface area contributed by atoms with E-state index >= 15 is 0 Å². The van der Waals surface area contributed by atoms with Crippen molar-refractivity contribution in [2.24, 2.45) is 5.92 Å². The van der Waals surface area contributed by atoms with Crippen LogP contribution in [0.25, 0.3) is 0 Å². The monoisotopic (exact) mass is 299 g/mol. The number of halogens is 1. The van der Waals surface area contributed by atoms with Crippen molar-refractivity contribution in [3.63, 3.8) is 0 Å². The lowest BCUT2D eigenvalue weighted by molar-refractivity contribution is 0.329. The van der Waals surface area contributed by atoms with E-state index in [-0.39, 0.29) is 10.9 Å². The van der Waals surface area contributed by atoms with E-state index in [0.717, 1.165) is 37.9 Å². The lowest BCUT2D eigenvalue weighted by Crippen LogP contribution is -2.26. The summed E-state index contributed by atoms with van der Waals surface area (Å²) in [6.07, 6.45) is 6.67. The van der Waals surface area contributed by atoms with E-state index in [0.29, 0.717) is 5.69 Å². The van der Waals surface area contributed by atoms with Crippen LogP contribution in [0.4, 0.5) is 10.1 Å². The molecular weight excluding hydrogens is 277 g/mol. The fraction of sp³-hybridized carbons (Fsp3) is 0.600. The quantitative estimate of drug-likeness (QED) is 0.864. The van der Waals surface area contributed by atoms with Crippen molar-refractivity contribution in [1.82, 2.24) is 0 Å². The molecule has 20 heavy (non-hydrogen) atoms. The molecule has 1 saturated carbocycles. The molecule has 0 heterocycles. The molecule has 0 aromatic heterocycles. The molecule has 1 aromatic carbocycles. The van der Waals surface area contributed by atoms with Gasteiger partial charge in [0.05, 0.1) is 10.6 Å². The van der Waals surface area contributed by atoms with Gasteiger partial charge in [-0.25, -0.2) is 12.8 Å². The molecule has 0 atom stereocenters. The summed E-state index contributed by atoms with van der Waals surface area (Å²) >= 11 is 0. The van der Waals surface area contributed by atoms with Gasteiger partial charge < -0.3 is 5.32 Å². The van der Waals surface area contributed by atoms with E-state index in [2.05, 4.69) is 12.2 Å². The first-order valence-electron chi connectivity index (χ1n) is 7.16. The third kappa shape index (κ3) is 3.72. The van der Waals surface area contributed by atoms with Gasteiger partial charge in [0.2, 0.25) is 0 Å². The Balaban J connectivity index is 2.10. The van der Waals surface area contributed by atoms with Gasteiger partial charge in [0, 0.05) is 12.3 Å². The number of benzene rings is 1. The van der Waals surface area contributed by atoms with Gasteiger partial charge in [-0.05, 0) is 49.8 Å². The van der Waals surface area contributed by atoms with E-state index < -0.39 is 15.7 Å². The number of nitrogens with one attached hydrogen (secondary N) is 1. The molecule has 112 valence electrons. The fourth-order valence-electron chi connectivity index (χ4n) is 2.78. The molecule has 5 heteroatoms. The molecular formula is C15H22FNO2S. The number of rotatable bonds is 4. The molecule has 1 N–H and O–H groups in total. The molecule has 0 amide bonds. The molecule has 1 aromatic rings. The second kappa shape index (κ2) is 6.12. The van der Waals surface area contributed by atoms with Gasteiger partial charge in [-0.15, -0.1) is 0 Å². The number of hydrogen-bond acceptors (Lipinski definition) is 3. The predicted octanol–water partition coefficient (Wildman–Crippen LogP) is 3.61. The number of sulfone groups is 1. The molecule has 1 aliphatic rings. The smallest absolute Gasteiger partial charge is 0.175 e. The van der Waals surface area contributed by atoms with Gasteiger partial charge in [0.25, 0.3) is 0 Å². The minimum atomic E-state index is -3.30. The van der Waals surface area contributed by atoms with Crippen molar-refractivity contribution in [3.8, 4) is 0 Å². The summed E-state index contributed by atoms with van der Waals surface area (Å²) in [6.45, 7) is 2.20. The van der Waals surface area contributed by atoms with Gasteiger partial charge in [0.15, 0.2) is 9.84 Å². The summed E-state index contributed by atoms with van der Waals surface area (Å²) in [5, 5.41) is 3.17. The second-order valence-electron chi connectivity index (χ2n) is 5.68. The summed E-state index contributed by atoms with van der Waals surface area (Å²) in [6, 6.07) is 4.17. The summed E-state index contributed by atoms with van der Waals surface area (Å²) in [7, 11) is -3.30. The average molecular weight is 299 g/mol. The van der Waals surface area contributed by atoms with Crippen LogP contribution >= 0.6 is 0 Å². The van der Waals surface area contributed by atoms with Crippen LogP contribution in [0, 0.1) is 11.7 Å². The van der Waals surface area contributed by atoms with Gasteiger partial charge in [-0.1, -0.05) is 13.3 Å². The molecule has 3 nitrogen and oxygen atoms in total. The fourth-order valence-corrected chi connectivity index (χ4v) is 3.43. The normalized spacial score (nSPS) is 23.6. The highest BCUT2D eigenvalue weighted by Gasteiger charge is 2.21. The topological polar surface area (TPSA) is 46.2 Å². The molecule has 0 unspecified atom stereocenters.